The molecule has 0 amide bonds. The number of hydrogen-bond donors (Lipinski definition) is 0. The molecule has 0 fully saturated rings. The van der Waals surface area contributed by atoms with Crippen molar-refractivity contribution in [3.63, 3.8) is 0 Å². The quantitative estimate of drug-likeness (QED) is 0.122. The van der Waals surface area contributed by atoms with Crippen LogP contribution < -0.4 is 4.74 Å². The number of para-hydroxylation sites is 1. The summed E-state index contributed by atoms with van der Waals surface area (Å²) in [4.78, 5) is 4.83. The molecule has 0 radical (unpaired) electrons. The van der Waals surface area contributed by atoms with Crippen LogP contribution in [-0.2, 0) is 33.9 Å². The molecule has 0 aliphatic carbocycles. The Kier molecular flexibility index (Phi) is 11.5. The van der Waals surface area contributed by atoms with Gasteiger partial charge in [-0.1, -0.05) is 96.8 Å². The van der Waals surface area contributed by atoms with E-state index in [4.69, 9.17) is 14.8 Å². The molecule has 3 heterocycles. The van der Waals surface area contributed by atoms with Crippen molar-refractivity contribution in [3.8, 4) is 34.1 Å². The third-order valence-corrected chi connectivity index (χ3v) is 9.70. The minimum atomic E-state index is 0. The fourth-order valence-electron chi connectivity index (χ4n) is 7.49. The van der Waals surface area contributed by atoms with Gasteiger partial charge in [-0.25, -0.2) is 4.98 Å². The summed E-state index contributed by atoms with van der Waals surface area (Å²) < 4.78 is 10.8. The predicted molar refractivity (Wildman–Crippen MR) is 215 cm³/mol. The van der Waals surface area contributed by atoms with Crippen LogP contribution in [0.3, 0.4) is 0 Å². The van der Waals surface area contributed by atoms with E-state index in [1.807, 2.05) is 23.1 Å². The first-order valence-corrected chi connectivity index (χ1v) is 18.8. The van der Waals surface area contributed by atoms with Crippen LogP contribution in [0.25, 0.3) is 44.4 Å². The molecule has 274 valence electrons. The van der Waals surface area contributed by atoms with Crippen LogP contribution in [0.15, 0.2) is 91.4 Å². The van der Waals surface area contributed by atoms with Crippen LogP contribution in [0.2, 0.25) is 0 Å². The monoisotopic (exact) mass is 881 g/mol. The second-order valence-electron chi connectivity index (χ2n) is 15.8. The van der Waals surface area contributed by atoms with E-state index in [-0.39, 0.29) is 21.1 Å². The molecule has 0 spiro atoms. The molecule has 0 bridgehead atoms. The number of aryl methyl sites for hydroxylation is 1. The Hall–Kier alpha value is -4.47. The zero-order valence-corrected chi connectivity index (χ0v) is 34.7. The molecule has 0 N–H and O–H groups in total. The summed E-state index contributed by atoms with van der Waals surface area (Å²) >= 11 is 0. The molecule has 0 saturated carbocycles. The number of benzene rings is 4. The average Bonchev–Trinajstić information content (AvgIpc) is 3.70. The Bertz CT molecular complexity index is 2350. The van der Waals surface area contributed by atoms with Crippen LogP contribution >= 0.6 is 0 Å². The summed E-state index contributed by atoms with van der Waals surface area (Å²) in [5.74, 6) is 3.97. The summed E-state index contributed by atoms with van der Waals surface area (Å²) in [5, 5.41) is 7.17. The van der Waals surface area contributed by atoms with Gasteiger partial charge in [-0.2, -0.15) is 16.7 Å². The molecule has 0 aliphatic rings. The Labute approximate surface area is 329 Å². The molecule has 0 unspecified atom stereocenters. The van der Waals surface area contributed by atoms with Gasteiger partial charge in [0, 0.05) is 35.0 Å². The molecule has 7 rings (SSSR count). The number of pyridine rings is 1. The van der Waals surface area contributed by atoms with Crippen LogP contribution in [-0.4, -0.2) is 19.3 Å². The van der Waals surface area contributed by atoms with Crippen molar-refractivity contribution >= 4 is 21.8 Å². The van der Waals surface area contributed by atoms with Crippen molar-refractivity contribution in [2.24, 2.45) is 11.8 Å². The minimum Gasteiger partial charge on any atom is -0.509 e. The Morgan fingerprint density at radius 2 is 1.42 bits per heavy atom. The summed E-state index contributed by atoms with van der Waals surface area (Å²) in [7, 11) is 0. The van der Waals surface area contributed by atoms with Gasteiger partial charge in [0.15, 0.2) is 0 Å². The Balaban J connectivity index is 0.00000481. The Morgan fingerprint density at radius 3 is 2.11 bits per heavy atom. The van der Waals surface area contributed by atoms with E-state index in [1.54, 1.807) is 0 Å². The summed E-state index contributed by atoms with van der Waals surface area (Å²) in [5.41, 5.74) is 11.8. The van der Waals surface area contributed by atoms with Crippen LogP contribution in [0.5, 0.6) is 11.5 Å². The summed E-state index contributed by atoms with van der Waals surface area (Å²) in [6.45, 7) is 20.3. The zero-order chi connectivity index (χ0) is 36.7. The maximum atomic E-state index is 6.65. The van der Waals surface area contributed by atoms with Crippen LogP contribution in [0.4, 0.5) is 0 Å². The number of aromatic nitrogens is 4. The van der Waals surface area contributed by atoms with Gasteiger partial charge in [0.1, 0.15) is 5.82 Å². The maximum absolute atomic E-state index is 6.65. The predicted octanol–water partition coefficient (Wildman–Crippen LogP) is 12.4. The molecule has 7 aromatic rings. The van der Waals surface area contributed by atoms with E-state index in [9.17, 15) is 0 Å². The molecule has 4 aromatic carbocycles. The summed E-state index contributed by atoms with van der Waals surface area (Å²) in [6.07, 6.45) is 7.97. The van der Waals surface area contributed by atoms with Crippen molar-refractivity contribution in [3.05, 3.63) is 131 Å². The van der Waals surface area contributed by atoms with Gasteiger partial charge in [0.05, 0.1) is 6.20 Å². The number of fused-ring (bicyclic) bond motifs is 3. The zero-order valence-electron chi connectivity index (χ0n) is 32.4. The fourth-order valence-corrected chi connectivity index (χ4v) is 7.49. The standard InChI is InChI=1S/C47H50N4O.Pt/c1-29(2)18-34-16-17-48-46(24-34)51-44-13-11-10-12-40(44)41-15-14-38(26-45(41)51)52-39-23-35(19-30(3)4)22-37(25-39)50-28-36(27-49-50)47-42(31(5)6)20-33(9)21-43(47)32(7)8;/h10-17,20-24,27-32H,18-19H2,1-9H3;/q-2;+2. The van der Waals surface area contributed by atoms with Gasteiger partial charge in [0.2, 0.25) is 0 Å². The molecular weight excluding hydrogens is 832 g/mol. The molecule has 0 saturated heterocycles. The Morgan fingerprint density at radius 1 is 0.717 bits per heavy atom. The third-order valence-electron chi connectivity index (χ3n) is 9.70. The first kappa shape index (κ1) is 38.3. The number of rotatable bonds is 11. The molecular formula is C47H50N4OPt. The minimum absolute atomic E-state index is 0. The van der Waals surface area contributed by atoms with E-state index < -0.39 is 0 Å². The van der Waals surface area contributed by atoms with Gasteiger partial charge >= 0.3 is 21.1 Å². The van der Waals surface area contributed by atoms with Crippen LogP contribution in [0, 0.1) is 30.9 Å². The average molecular weight is 882 g/mol. The van der Waals surface area contributed by atoms with E-state index in [2.05, 4.69) is 152 Å². The van der Waals surface area contributed by atoms with E-state index in [0.29, 0.717) is 35.2 Å². The van der Waals surface area contributed by atoms with Gasteiger partial charge in [-0.3, -0.25) is 4.68 Å². The number of ether oxygens (including phenoxy) is 1. The van der Waals surface area contributed by atoms with Crippen molar-refractivity contribution in [2.75, 3.05) is 0 Å². The normalized spacial score (nSPS) is 11.8. The fraction of sp³-hybridized carbons (Fsp3) is 0.319. The van der Waals surface area contributed by atoms with Crippen LogP contribution in [0.1, 0.15) is 95.0 Å². The summed E-state index contributed by atoms with van der Waals surface area (Å²) in [6, 6.07) is 33.1. The van der Waals surface area contributed by atoms with Gasteiger partial charge in [0.25, 0.3) is 0 Å². The van der Waals surface area contributed by atoms with Gasteiger partial charge < -0.3 is 9.30 Å². The third kappa shape index (κ3) is 8.06. The van der Waals surface area contributed by atoms with Crippen molar-refractivity contribution in [1.82, 2.24) is 19.3 Å². The number of nitrogens with zero attached hydrogens (tertiary/aromatic N) is 4. The second-order valence-corrected chi connectivity index (χ2v) is 15.8. The molecule has 0 aliphatic heterocycles. The topological polar surface area (TPSA) is 44.9 Å². The largest absolute Gasteiger partial charge is 2.00 e. The maximum Gasteiger partial charge on any atom is 2.00 e. The van der Waals surface area contributed by atoms with Crippen molar-refractivity contribution in [1.29, 1.82) is 0 Å². The smallest absolute Gasteiger partial charge is 0.509 e. The van der Waals surface area contributed by atoms with Crippen molar-refractivity contribution in [2.45, 2.75) is 87.0 Å². The van der Waals surface area contributed by atoms with E-state index in [1.165, 1.54) is 33.4 Å². The first-order chi connectivity index (χ1) is 24.9. The molecule has 53 heavy (non-hydrogen) atoms. The molecule has 5 nitrogen and oxygen atoms in total. The van der Waals surface area contributed by atoms with Gasteiger partial charge in [-0.15, -0.1) is 35.7 Å². The molecule has 6 heteroatoms. The number of hydrogen-bond acceptors (Lipinski definition) is 3. The SMILES string of the molecule is Cc1cc(C(C)C)c(-c2cnn(-c3[c-]c(Oc4[c-]c5c(cc4)c4ccccc4n5-c4cc(CC(C)C)ccn4)cc(CC(C)C)c3)c2)c(C(C)C)c1.[Pt+2]. The molecule has 0 atom stereocenters. The van der Waals surface area contributed by atoms with Gasteiger partial charge in [-0.05, 0) is 95.0 Å². The van der Waals surface area contributed by atoms with Crippen molar-refractivity contribution < 1.29 is 25.8 Å². The van der Waals surface area contributed by atoms with E-state index >= 15 is 0 Å². The van der Waals surface area contributed by atoms with E-state index in [0.717, 1.165) is 51.7 Å². The molecule has 3 aromatic heterocycles. The second kappa shape index (κ2) is 15.9. The first-order valence-electron chi connectivity index (χ1n) is 18.8.